The van der Waals surface area contributed by atoms with Gasteiger partial charge in [-0.25, -0.2) is 9.37 Å². The Morgan fingerprint density at radius 3 is 2.69 bits per heavy atom. The lowest BCUT2D eigenvalue weighted by atomic mass is 10.1. The monoisotopic (exact) mass is 373 g/mol. The van der Waals surface area contributed by atoms with Crippen molar-refractivity contribution in [1.29, 1.82) is 0 Å². The molecule has 3 aromatic rings. The number of nitrogens with one attached hydrogen (secondary N) is 1. The second-order valence-corrected chi connectivity index (χ2v) is 7.07. The van der Waals surface area contributed by atoms with Gasteiger partial charge in [-0.3, -0.25) is 9.48 Å². The van der Waals surface area contributed by atoms with Crippen LogP contribution in [0.1, 0.15) is 17.0 Å². The number of nitrogens with zero attached hydrogens (tertiary/aromatic N) is 4. The number of rotatable bonds is 5. The summed E-state index contributed by atoms with van der Waals surface area (Å²) in [5.41, 5.74) is 3.09. The van der Waals surface area contributed by atoms with Crippen molar-refractivity contribution in [2.75, 3.05) is 5.32 Å². The van der Waals surface area contributed by atoms with Crippen LogP contribution in [0.2, 0.25) is 0 Å². The van der Waals surface area contributed by atoms with E-state index in [1.165, 1.54) is 23.9 Å². The normalized spacial score (nSPS) is 11.0. The molecule has 0 fully saturated rings. The smallest absolute Gasteiger partial charge is 0.228 e. The first-order chi connectivity index (χ1) is 12.3. The fourth-order valence-electron chi connectivity index (χ4n) is 2.67. The minimum Gasteiger partial charge on any atom is -0.329 e. The first-order valence-corrected chi connectivity index (χ1v) is 8.90. The van der Waals surface area contributed by atoms with E-state index in [0.717, 1.165) is 27.0 Å². The van der Waals surface area contributed by atoms with Crippen LogP contribution in [0, 0.1) is 19.7 Å². The molecule has 0 saturated carbocycles. The van der Waals surface area contributed by atoms with Crippen LogP contribution in [0.5, 0.6) is 0 Å². The van der Waals surface area contributed by atoms with Crippen molar-refractivity contribution in [3.63, 3.8) is 0 Å². The molecule has 0 spiro atoms. The second kappa shape index (κ2) is 7.33. The average molecular weight is 373 g/mol. The predicted molar refractivity (Wildman–Crippen MR) is 98.7 cm³/mol. The minimum absolute atomic E-state index is 0.189. The highest BCUT2D eigenvalue weighted by atomic mass is 32.2. The van der Waals surface area contributed by atoms with Gasteiger partial charge >= 0.3 is 0 Å². The van der Waals surface area contributed by atoms with Crippen molar-refractivity contribution >= 4 is 23.4 Å². The van der Waals surface area contributed by atoms with Crippen molar-refractivity contribution in [3.05, 3.63) is 53.4 Å². The lowest BCUT2D eigenvalue weighted by Crippen LogP contribution is -2.16. The third kappa shape index (κ3) is 3.80. The maximum atomic E-state index is 13.7. The molecule has 1 N–H and O–H groups in total. The van der Waals surface area contributed by atoms with Gasteiger partial charge in [0.2, 0.25) is 5.91 Å². The Morgan fingerprint density at radius 1 is 1.31 bits per heavy atom. The van der Waals surface area contributed by atoms with E-state index < -0.39 is 5.82 Å². The lowest BCUT2D eigenvalue weighted by Gasteiger charge is -2.11. The summed E-state index contributed by atoms with van der Waals surface area (Å²) < 4.78 is 17.3. The molecule has 136 valence electrons. The molecule has 3 rings (SSSR count). The molecular formula is C18H20FN5OS. The number of carbonyl (C=O) groups excluding carboxylic acids is 1. The van der Waals surface area contributed by atoms with Gasteiger partial charge in [0, 0.05) is 42.6 Å². The van der Waals surface area contributed by atoms with E-state index in [1.54, 1.807) is 16.9 Å². The van der Waals surface area contributed by atoms with Crippen molar-refractivity contribution in [2.24, 2.45) is 14.1 Å². The number of hydrogen-bond acceptors (Lipinski definition) is 4. The molecule has 0 aliphatic carbocycles. The standard InChI is InChI=1S/C18H20FN5OS/c1-11-14(12(2)24(4)22-11)10-17(25)21-15-9-13(19)5-6-16(15)26-18-20-7-8-23(18)3/h5-9H,10H2,1-4H3,(H,21,25). The molecule has 6 nitrogen and oxygen atoms in total. The molecule has 1 amide bonds. The molecule has 1 aromatic carbocycles. The van der Waals surface area contributed by atoms with Crippen molar-refractivity contribution in [1.82, 2.24) is 19.3 Å². The molecule has 2 heterocycles. The highest BCUT2D eigenvalue weighted by molar-refractivity contribution is 7.99. The molecule has 0 unspecified atom stereocenters. The summed E-state index contributed by atoms with van der Waals surface area (Å²) in [7, 11) is 3.73. The topological polar surface area (TPSA) is 64.7 Å². The lowest BCUT2D eigenvalue weighted by molar-refractivity contribution is -0.115. The van der Waals surface area contributed by atoms with E-state index in [0.29, 0.717) is 5.69 Å². The van der Waals surface area contributed by atoms with Gasteiger partial charge in [0.25, 0.3) is 0 Å². The summed E-state index contributed by atoms with van der Waals surface area (Å²) in [5.74, 6) is -0.616. The molecular weight excluding hydrogens is 353 g/mol. The van der Waals surface area contributed by atoms with E-state index in [9.17, 15) is 9.18 Å². The fraction of sp³-hybridized carbons (Fsp3) is 0.278. The Labute approximate surface area is 155 Å². The second-order valence-electron chi connectivity index (χ2n) is 6.06. The first-order valence-electron chi connectivity index (χ1n) is 8.09. The van der Waals surface area contributed by atoms with Crippen LogP contribution in [0.4, 0.5) is 10.1 Å². The maximum Gasteiger partial charge on any atom is 0.228 e. The molecule has 0 bridgehead atoms. The van der Waals surface area contributed by atoms with E-state index in [1.807, 2.05) is 38.7 Å². The molecule has 0 aliphatic heterocycles. The Morgan fingerprint density at radius 2 is 2.08 bits per heavy atom. The number of anilines is 1. The zero-order valence-electron chi connectivity index (χ0n) is 15.1. The summed E-state index contributed by atoms with van der Waals surface area (Å²) in [4.78, 5) is 17.5. The zero-order chi connectivity index (χ0) is 18.8. The van der Waals surface area contributed by atoms with Gasteiger partial charge < -0.3 is 9.88 Å². The quantitative estimate of drug-likeness (QED) is 0.746. The van der Waals surface area contributed by atoms with Gasteiger partial charge in [-0.2, -0.15) is 5.10 Å². The highest BCUT2D eigenvalue weighted by Gasteiger charge is 2.16. The van der Waals surface area contributed by atoms with Gasteiger partial charge in [0.15, 0.2) is 5.16 Å². The molecule has 0 saturated heterocycles. The van der Waals surface area contributed by atoms with Crippen LogP contribution in [-0.4, -0.2) is 25.2 Å². The van der Waals surface area contributed by atoms with E-state index in [2.05, 4.69) is 15.4 Å². The van der Waals surface area contributed by atoms with Crippen LogP contribution in [-0.2, 0) is 25.3 Å². The van der Waals surface area contributed by atoms with Gasteiger partial charge in [-0.05, 0) is 43.8 Å². The van der Waals surface area contributed by atoms with E-state index >= 15 is 0 Å². The Balaban J connectivity index is 1.81. The third-order valence-electron chi connectivity index (χ3n) is 4.19. The summed E-state index contributed by atoms with van der Waals surface area (Å²) in [6.07, 6.45) is 3.71. The Bertz CT molecular complexity index is 963. The summed E-state index contributed by atoms with van der Waals surface area (Å²) in [6, 6.07) is 4.34. The van der Waals surface area contributed by atoms with E-state index in [-0.39, 0.29) is 12.3 Å². The summed E-state index contributed by atoms with van der Waals surface area (Å²) in [5, 5.41) is 7.90. The number of benzene rings is 1. The molecule has 26 heavy (non-hydrogen) atoms. The van der Waals surface area contributed by atoms with Gasteiger partial charge in [0.1, 0.15) is 5.82 Å². The molecule has 0 radical (unpaired) electrons. The van der Waals surface area contributed by atoms with Gasteiger partial charge in [-0.1, -0.05) is 0 Å². The van der Waals surface area contributed by atoms with Crippen LogP contribution >= 0.6 is 11.8 Å². The number of carbonyl (C=O) groups is 1. The minimum atomic E-state index is -0.404. The number of hydrogen-bond donors (Lipinski definition) is 1. The summed E-state index contributed by atoms with van der Waals surface area (Å²) in [6.45, 7) is 3.80. The van der Waals surface area contributed by atoms with Crippen LogP contribution in [0.25, 0.3) is 0 Å². The zero-order valence-corrected chi connectivity index (χ0v) is 15.9. The van der Waals surface area contributed by atoms with Crippen molar-refractivity contribution in [2.45, 2.75) is 30.3 Å². The molecule has 0 aliphatic rings. The number of aromatic nitrogens is 4. The van der Waals surface area contributed by atoms with Crippen LogP contribution in [0.3, 0.4) is 0 Å². The Kier molecular flexibility index (Phi) is 5.13. The molecule has 2 aromatic heterocycles. The average Bonchev–Trinajstić information content (AvgIpc) is 3.08. The van der Waals surface area contributed by atoms with Crippen molar-refractivity contribution < 1.29 is 9.18 Å². The molecule has 0 atom stereocenters. The van der Waals surface area contributed by atoms with Crippen LogP contribution < -0.4 is 5.32 Å². The number of amides is 1. The number of aryl methyl sites for hydroxylation is 3. The van der Waals surface area contributed by atoms with Gasteiger partial charge in [-0.15, -0.1) is 0 Å². The van der Waals surface area contributed by atoms with Gasteiger partial charge in [0.05, 0.1) is 17.8 Å². The Hall–Kier alpha value is -2.61. The maximum absolute atomic E-state index is 13.7. The third-order valence-corrected chi connectivity index (χ3v) is 5.34. The number of imidazole rings is 1. The van der Waals surface area contributed by atoms with Crippen LogP contribution in [0.15, 0.2) is 40.6 Å². The summed E-state index contributed by atoms with van der Waals surface area (Å²) >= 11 is 1.37. The van der Waals surface area contributed by atoms with Crippen molar-refractivity contribution in [3.8, 4) is 0 Å². The SMILES string of the molecule is Cc1nn(C)c(C)c1CC(=O)Nc1cc(F)ccc1Sc1nccn1C. The highest BCUT2D eigenvalue weighted by Crippen LogP contribution is 2.33. The predicted octanol–water partition coefficient (Wildman–Crippen LogP) is 3.24. The number of halogens is 1. The fourth-order valence-corrected chi connectivity index (χ4v) is 3.54. The first kappa shape index (κ1) is 18.2. The molecule has 8 heteroatoms. The largest absolute Gasteiger partial charge is 0.329 e. The van der Waals surface area contributed by atoms with E-state index in [4.69, 9.17) is 0 Å².